The highest BCUT2D eigenvalue weighted by atomic mass is 79.9. The van der Waals surface area contributed by atoms with Crippen molar-refractivity contribution in [3.05, 3.63) is 69.7 Å². The Balaban J connectivity index is 1.35. The predicted molar refractivity (Wildman–Crippen MR) is 158 cm³/mol. The zero-order chi connectivity index (χ0) is 27.2. The highest BCUT2D eigenvalue weighted by molar-refractivity contribution is 9.10. The third kappa shape index (κ3) is 5.22. The Bertz CT molecular complexity index is 1310. The van der Waals surface area contributed by atoms with Crippen LogP contribution in [-0.2, 0) is 26.8 Å². The summed E-state index contributed by atoms with van der Waals surface area (Å²) in [6, 6.07) is 17.2. The Kier molecular flexibility index (Phi) is 7.68. The molecule has 2 saturated heterocycles. The van der Waals surface area contributed by atoms with Crippen molar-refractivity contribution in [3.63, 3.8) is 0 Å². The molecule has 0 aromatic heterocycles. The average Bonchev–Trinajstić information content (AvgIpc) is 3.36. The van der Waals surface area contributed by atoms with Crippen molar-refractivity contribution in [3.8, 4) is 0 Å². The number of halogens is 1. The van der Waals surface area contributed by atoms with Gasteiger partial charge in [-0.3, -0.25) is 4.79 Å². The summed E-state index contributed by atoms with van der Waals surface area (Å²) < 4.78 is 28.2. The summed E-state index contributed by atoms with van der Waals surface area (Å²) in [5.41, 5.74) is 2.94. The van der Waals surface area contributed by atoms with Gasteiger partial charge >= 0.3 is 0 Å². The third-order valence-corrected chi connectivity index (χ3v) is 11.7. The summed E-state index contributed by atoms with van der Waals surface area (Å²) in [5, 5.41) is 3.53. The van der Waals surface area contributed by atoms with Gasteiger partial charge in [-0.15, -0.1) is 0 Å². The van der Waals surface area contributed by atoms with Crippen LogP contribution in [0.3, 0.4) is 0 Å². The lowest BCUT2D eigenvalue weighted by Crippen LogP contribution is -2.58. The molecule has 1 aliphatic carbocycles. The summed E-state index contributed by atoms with van der Waals surface area (Å²) in [4.78, 5) is 17.0. The van der Waals surface area contributed by atoms with Crippen molar-refractivity contribution < 1.29 is 13.2 Å². The maximum Gasteiger partial charge on any atom is 0.228 e. The summed E-state index contributed by atoms with van der Waals surface area (Å²) in [5.74, 6) is 0.945. The molecule has 0 radical (unpaired) electrons. The van der Waals surface area contributed by atoms with Crippen LogP contribution in [0.25, 0.3) is 0 Å². The largest absolute Gasteiger partial charge is 0.339 e. The number of fused-ring (bicyclic) bond motifs is 2. The quantitative estimate of drug-likeness (QED) is 0.525. The molecule has 6 rings (SSSR count). The number of hydrogen-bond donors (Lipinski definition) is 1. The number of benzene rings is 2. The molecule has 1 saturated carbocycles. The lowest BCUT2D eigenvalue weighted by atomic mass is 9.67. The van der Waals surface area contributed by atoms with Gasteiger partial charge in [0.25, 0.3) is 0 Å². The van der Waals surface area contributed by atoms with Crippen molar-refractivity contribution in [1.29, 1.82) is 0 Å². The van der Waals surface area contributed by atoms with Crippen LogP contribution < -0.4 is 5.32 Å². The minimum atomic E-state index is -3.42. The molecule has 8 heteroatoms. The lowest BCUT2D eigenvalue weighted by Gasteiger charge is -2.49. The number of rotatable bonds is 4. The van der Waals surface area contributed by atoms with E-state index in [1.807, 2.05) is 12.1 Å². The lowest BCUT2D eigenvalue weighted by molar-refractivity contribution is -0.143. The molecular weight excluding hydrogens is 574 g/mol. The van der Waals surface area contributed by atoms with Gasteiger partial charge in [-0.2, -0.15) is 4.31 Å². The summed E-state index contributed by atoms with van der Waals surface area (Å²) in [6.07, 6.45) is 9.47. The van der Waals surface area contributed by atoms with Gasteiger partial charge in [0, 0.05) is 48.7 Å². The average molecular weight is 615 g/mol. The summed E-state index contributed by atoms with van der Waals surface area (Å²) in [7, 11) is -3.42. The van der Waals surface area contributed by atoms with Crippen molar-refractivity contribution in [1.82, 2.24) is 14.5 Å². The van der Waals surface area contributed by atoms with E-state index in [1.165, 1.54) is 43.9 Å². The van der Waals surface area contributed by atoms with Gasteiger partial charge in [0.1, 0.15) is 0 Å². The molecule has 3 fully saturated rings. The van der Waals surface area contributed by atoms with Gasteiger partial charge in [0.2, 0.25) is 15.9 Å². The van der Waals surface area contributed by atoms with E-state index in [-0.39, 0.29) is 17.9 Å². The van der Waals surface area contributed by atoms with Gasteiger partial charge in [-0.1, -0.05) is 71.6 Å². The zero-order valence-corrected chi connectivity index (χ0v) is 25.2. The molecular formula is C31H40BrN3O3S. The first kappa shape index (κ1) is 27.4. The first-order chi connectivity index (χ1) is 18.8. The minimum Gasteiger partial charge on any atom is -0.339 e. The zero-order valence-electron chi connectivity index (χ0n) is 22.8. The van der Waals surface area contributed by atoms with Crippen LogP contribution in [0.5, 0.6) is 0 Å². The monoisotopic (exact) mass is 613 g/mol. The third-order valence-electron chi connectivity index (χ3n) is 10.0. The summed E-state index contributed by atoms with van der Waals surface area (Å²) >= 11 is 3.58. The van der Waals surface area contributed by atoms with Gasteiger partial charge in [0.05, 0.1) is 12.2 Å². The highest BCUT2D eigenvalue weighted by Crippen LogP contribution is 2.46. The van der Waals surface area contributed by atoms with E-state index < -0.39 is 15.4 Å². The van der Waals surface area contributed by atoms with Crippen molar-refractivity contribution >= 4 is 31.9 Å². The van der Waals surface area contributed by atoms with Crippen molar-refractivity contribution in [2.45, 2.75) is 68.9 Å². The Morgan fingerprint density at radius 1 is 1.05 bits per heavy atom. The second-order valence-electron chi connectivity index (χ2n) is 12.3. The Morgan fingerprint density at radius 2 is 1.82 bits per heavy atom. The van der Waals surface area contributed by atoms with Crippen molar-refractivity contribution in [2.24, 2.45) is 11.8 Å². The number of nitrogens with one attached hydrogen (secondary N) is 1. The number of nitrogens with zero attached hydrogens (tertiary/aromatic N) is 2. The molecule has 3 heterocycles. The van der Waals surface area contributed by atoms with Crippen LogP contribution in [0.4, 0.5) is 0 Å². The Morgan fingerprint density at radius 3 is 2.56 bits per heavy atom. The molecule has 1 N–H and O–H groups in total. The maximum absolute atomic E-state index is 14.7. The molecule has 3 aliphatic heterocycles. The standard InChI is InChI=1S/C31H40BrN3O3S/c1-39(37,38)34-19-25-16-26(32)12-13-27(25)31(21-34)20-33-18-28(31)30(36)35-15-14-24(22-8-4-2-5-9-22)17-29(35)23-10-6-3-7-11-23/h2,4-5,8-9,12-13,16,23-24,28-29,33H,3,6-7,10-11,14-15,17-21H2,1H3. The molecule has 39 heavy (non-hydrogen) atoms. The topological polar surface area (TPSA) is 69.7 Å². The highest BCUT2D eigenvalue weighted by Gasteiger charge is 2.55. The smallest absolute Gasteiger partial charge is 0.228 e. The number of amides is 1. The normalized spacial score (nSPS) is 30.4. The fraction of sp³-hybridized carbons (Fsp3) is 0.581. The Labute approximate surface area is 241 Å². The molecule has 0 bridgehead atoms. The molecule has 6 nitrogen and oxygen atoms in total. The number of likely N-dealkylation sites (tertiary alicyclic amines) is 1. The van der Waals surface area contributed by atoms with Crippen LogP contribution in [0.1, 0.15) is 67.6 Å². The molecule has 4 atom stereocenters. The van der Waals surface area contributed by atoms with E-state index in [2.05, 4.69) is 62.5 Å². The van der Waals surface area contributed by atoms with E-state index in [0.717, 1.165) is 35.0 Å². The fourth-order valence-electron chi connectivity index (χ4n) is 8.05. The second kappa shape index (κ2) is 10.9. The summed E-state index contributed by atoms with van der Waals surface area (Å²) in [6.45, 7) is 2.66. The van der Waals surface area contributed by atoms with Crippen LogP contribution in [-0.4, -0.2) is 62.0 Å². The van der Waals surface area contributed by atoms with Crippen LogP contribution in [0, 0.1) is 11.8 Å². The van der Waals surface area contributed by atoms with E-state index in [4.69, 9.17) is 0 Å². The SMILES string of the molecule is CS(=O)(=O)N1Cc2cc(Br)ccc2C2(CNCC2C(=O)N2CCC(c3ccccc3)CC2C2CCCCC2)C1. The number of carbonyl (C=O) groups is 1. The molecule has 2 aromatic carbocycles. The van der Waals surface area contributed by atoms with Crippen LogP contribution in [0.15, 0.2) is 53.0 Å². The van der Waals surface area contributed by atoms with Gasteiger partial charge in [-0.05, 0) is 66.3 Å². The first-order valence-electron chi connectivity index (χ1n) is 14.6. The number of sulfonamides is 1. The molecule has 1 amide bonds. The molecule has 1 spiro atoms. The van der Waals surface area contributed by atoms with Gasteiger partial charge in [-0.25, -0.2) is 8.42 Å². The molecule has 2 aromatic rings. The van der Waals surface area contributed by atoms with Gasteiger partial charge in [0.15, 0.2) is 0 Å². The van der Waals surface area contributed by atoms with Crippen molar-refractivity contribution in [2.75, 3.05) is 32.4 Å². The fourth-order valence-corrected chi connectivity index (χ4v) is 9.30. The molecule has 210 valence electrons. The van der Waals surface area contributed by atoms with E-state index in [1.54, 1.807) is 4.31 Å². The van der Waals surface area contributed by atoms with E-state index in [0.29, 0.717) is 38.0 Å². The minimum absolute atomic E-state index is 0.214. The second-order valence-corrected chi connectivity index (χ2v) is 15.2. The molecule has 4 unspecified atom stereocenters. The Hall–Kier alpha value is -1.74. The van der Waals surface area contributed by atoms with Gasteiger partial charge < -0.3 is 10.2 Å². The first-order valence-corrected chi connectivity index (χ1v) is 17.2. The molecule has 4 aliphatic rings. The van der Waals surface area contributed by atoms with Crippen LogP contribution >= 0.6 is 15.9 Å². The maximum atomic E-state index is 14.7. The number of hydrogen-bond acceptors (Lipinski definition) is 4. The van der Waals surface area contributed by atoms with E-state index in [9.17, 15) is 13.2 Å². The predicted octanol–water partition coefficient (Wildman–Crippen LogP) is 5.04. The van der Waals surface area contributed by atoms with E-state index >= 15 is 0 Å². The number of piperidine rings is 1. The van der Waals surface area contributed by atoms with Crippen LogP contribution in [0.2, 0.25) is 0 Å². The number of carbonyl (C=O) groups excluding carboxylic acids is 1.